The van der Waals surface area contributed by atoms with Crippen molar-refractivity contribution in [1.82, 2.24) is 0 Å². The summed E-state index contributed by atoms with van der Waals surface area (Å²) in [5.41, 5.74) is 0.382. The predicted molar refractivity (Wildman–Crippen MR) is 74.3 cm³/mol. The number of hydrogen-bond acceptors (Lipinski definition) is 3. The zero-order valence-electron chi connectivity index (χ0n) is 12.2. The Morgan fingerprint density at radius 2 is 2.24 bits per heavy atom. The highest BCUT2D eigenvalue weighted by Crippen LogP contribution is 2.30. The normalized spacial score (nSPS) is 25.9. The fraction of sp³-hybridized carbons (Fsp3) is 0.600. The summed E-state index contributed by atoms with van der Waals surface area (Å²) in [4.78, 5) is 0. The molecule has 1 N–H and O–H groups in total. The second kappa shape index (κ2) is 6.56. The molecule has 0 saturated carbocycles. The molecule has 2 rings (SSSR count). The van der Waals surface area contributed by atoms with Crippen LogP contribution >= 0.6 is 0 Å². The smallest absolute Gasteiger partial charge is 0.387 e. The lowest BCUT2D eigenvalue weighted by Gasteiger charge is -2.38. The molecule has 0 bridgehead atoms. The van der Waals surface area contributed by atoms with E-state index in [1.165, 1.54) is 12.1 Å². The Balaban J connectivity index is 2.01. The van der Waals surface area contributed by atoms with Crippen LogP contribution in [0.1, 0.15) is 33.1 Å². The van der Waals surface area contributed by atoms with Crippen molar-refractivity contribution in [2.45, 2.75) is 51.4 Å². The number of rotatable bonds is 5. The molecular weight excluding hydrogens is 283 g/mol. The summed E-state index contributed by atoms with van der Waals surface area (Å²) < 4.78 is 47.7. The number of ether oxygens (including phenoxy) is 2. The molecule has 0 aromatic heterocycles. The first-order chi connectivity index (χ1) is 9.92. The van der Waals surface area contributed by atoms with Crippen molar-refractivity contribution in [1.29, 1.82) is 0 Å². The zero-order chi connectivity index (χ0) is 15.5. The topological polar surface area (TPSA) is 30.5 Å². The molecule has 1 heterocycles. The van der Waals surface area contributed by atoms with Gasteiger partial charge in [0.2, 0.25) is 0 Å². The second-order valence-electron chi connectivity index (χ2n) is 5.51. The summed E-state index contributed by atoms with van der Waals surface area (Å²) in [5, 5.41) is 3.23. The lowest BCUT2D eigenvalue weighted by atomic mass is 9.90. The predicted octanol–water partition coefficient (Wildman–Crippen LogP) is 4.19. The van der Waals surface area contributed by atoms with E-state index in [0.717, 1.165) is 19.3 Å². The van der Waals surface area contributed by atoms with Gasteiger partial charge in [0.1, 0.15) is 0 Å². The Morgan fingerprint density at radius 3 is 2.86 bits per heavy atom. The van der Waals surface area contributed by atoms with Gasteiger partial charge < -0.3 is 14.8 Å². The summed E-state index contributed by atoms with van der Waals surface area (Å²) in [5.74, 6) is -1.24. The molecule has 2 atom stereocenters. The lowest BCUT2D eigenvalue weighted by Crippen LogP contribution is -2.41. The SMILES string of the molecule is CCC1(C)CC(Nc2ccc(OC(F)F)c(F)c2)CCO1. The first kappa shape index (κ1) is 15.9. The van der Waals surface area contributed by atoms with Crippen LogP contribution in [-0.4, -0.2) is 24.9 Å². The van der Waals surface area contributed by atoms with Gasteiger partial charge in [-0.1, -0.05) is 6.92 Å². The zero-order valence-corrected chi connectivity index (χ0v) is 12.2. The number of alkyl halides is 2. The number of hydrogen-bond donors (Lipinski definition) is 1. The number of benzene rings is 1. The van der Waals surface area contributed by atoms with Crippen molar-refractivity contribution in [2.75, 3.05) is 11.9 Å². The van der Waals surface area contributed by atoms with E-state index in [2.05, 4.69) is 23.9 Å². The minimum absolute atomic E-state index is 0.171. The van der Waals surface area contributed by atoms with Crippen molar-refractivity contribution in [3.63, 3.8) is 0 Å². The van der Waals surface area contributed by atoms with Gasteiger partial charge in [-0.2, -0.15) is 8.78 Å². The Hall–Kier alpha value is -1.43. The van der Waals surface area contributed by atoms with Gasteiger partial charge in [-0.05, 0) is 38.3 Å². The minimum atomic E-state index is -3.03. The maximum absolute atomic E-state index is 13.7. The van der Waals surface area contributed by atoms with Crippen LogP contribution in [0.4, 0.5) is 18.9 Å². The Morgan fingerprint density at radius 1 is 1.48 bits per heavy atom. The van der Waals surface area contributed by atoms with E-state index in [4.69, 9.17) is 4.74 Å². The van der Waals surface area contributed by atoms with Gasteiger partial charge in [0, 0.05) is 24.4 Å². The molecule has 0 spiro atoms. The molecule has 1 aromatic rings. The van der Waals surface area contributed by atoms with Crippen LogP contribution in [0, 0.1) is 5.82 Å². The van der Waals surface area contributed by atoms with Crippen LogP contribution in [-0.2, 0) is 4.74 Å². The molecule has 6 heteroatoms. The average Bonchev–Trinajstić information content (AvgIpc) is 2.42. The van der Waals surface area contributed by atoms with E-state index in [1.54, 1.807) is 6.07 Å². The monoisotopic (exact) mass is 303 g/mol. The van der Waals surface area contributed by atoms with Crippen molar-refractivity contribution < 1.29 is 22.6 Å². The van der Waals surface area contributed by atoms with Gasteiger partial charge in [-0.15, -0.1) is 0 Å². The van der Waals surface area contributed by atoms with Gasteiger partial charge in [0.25, 0.3) is 0 Å². The molecule has 0 radical (unpaired) electrons. The summed E-state index contributed by atoms with van der Waals surface area (Å²) in [6.45, 7) is 1.75. The molecule has 0 aliphatic carbocycles. The number of anilines is 1. The lowest BCUT2D eigenvalue weighted by molar-refractivity contribution is -0.0709. The van der Waals surface area contributed by atoms with E-state index in [9.17, 15) is 13.2 Å². The van der Waals surface area contributed by atoms with Crippen molar-refractivity contribution in [3.8, 4) is 5.75 Å². The molecule has 21 heavy (non-hydrogen) atoms. The molecule has 1 aromatic carbocycles. The third kappa shape index (κ3) is 4.27. The van der Waals surface area contributed by atoms with E-state index >= 15 is 0 Å². The van der Waals surface area contributed by atoms with E-state index in [-0.39, 0.29) is 11.6 Å². The summed E-state index contributed by atoms with van der Waals surface area (Å²) in [6.07, 6.45) is 2.55. The molecule has 3 nitrogen and oxygen atoms in total. The molecule has 1 aliphatic rings. The molecule has 118 valence electrons. The van der Waals surface area contributed by atoms with Gasteiger partial charge in [-0.3, -0.25) is 0 Å². The molecule has 0 amide bonds. The fourth-order valence-electron chi connectivity index (χ4n) is 2.52. The largest absolute Gasteiger partial charge is 0.432 e. The Bertz CT molecular complexity index is 484. The van der Waals surface area contributed by atoms with Crippen LogP contribution in [0.25, 0.3) is 0 Å². The minimum Gasteiger partial charge on any atom is -0.432 e. The summed E-state index contributed by atoms with van der Waals surface area (Å²) in [7, 11) is 0. The summed E-state index contributed by atoms with van der Waals surface area (Å²) in [6, 6.07) is 4.10. The van der Waals surface area contributed by atoms with E-state index in [1.807, 2.05) is 0 Å². The van der Waals surface area contributed by atoms with Crippen LogP contribution in [0.15, 0.2) is 18.2 Å². The van der Waals surface area contributed by atoms with Gasteiger partial charge in [0.05, 0.1) is 5.60 Å². The highest BCUT2D eigenvalue weighted by atomic mass is 19.3. The maximum atomic E-state index is 13.7. The highest BCUT2D eigenvalue weighted by Gasteiger charge is 2.31. The standard InChI is InChI=1S/C15H20F3NO2/c1-3-15(2)9-11(6-7-20-15)19-10-4-5-13(12(16)8-10)21-14(17)18/h4-5,8,11,14,19H,3,6-7,9H2,1-2H3. The van der Waals surface area contributed by atoms with Crippen LogP contribution < -0.4 is 10.1 Å². The highest BCUT2D eigenvalue weighted by molar-refractivity contribution is 5.48. The Kier molecular flexibility index (Phi) is 4.98. The average molecular weight is 303 g/mol. The number of halogens is 3. The van der Waals surface area contributed by atoms with Crippen LogP contribution in [0.5, 0.6) is 5.75 Å². The van der Waals surface area contributed by atoms with Crippen LogP contribution in [0.3, 0.4) is 0 Å². The quantitative estimate of drug-likeness (QED) is 0.885. The summed E-state index contributed by atoms with van der Waals surface area (Å²) >= 11 is 0. The van der Waals surface area contributed by atoms with Gasteiger partial charge in [-0.25, -0.2) is 4.39 Å². The first-order valence-electron chi connectivity index (χ1n) is 7.07. The molecular formula is C15H20F3NO2. The van der Waals surface area contributed by atoms with Crippen molar-refractivity contribution >= 4 is 5.69 Å². The molecule has 1 fully saturated rings. The van der Waals surface area contributed by atoms with E-state index in [0.29, 0.717) is 12.3 Å². The van der Waals surface area contributed by atoms with Crippen molar-refractivity contribution in [3.05, 3.63) is 24.0 Å². The second-order valence-corrected chi connectivity index (χ2v) is 5.51. The third-order valence-corrected chi connectivity index (χ3v) is 3.86. The van der Waals surface area contributed by atoms with E-state index < -0.39 is 18.2 Å². The first-order valence-corrected chi connectivity index (χ1v) is 7.07. The number of nitrogens with one attached hydrogen (secondary N) is 1. The van der Waals surface area contributed by atoms with Gasteiger partial charge >= 0.3 is 6.61 Å². The molecule has 1 aliphatic heterocycles. The van der Waals surface area contributed by atoms with Crippen molar-refractivity contribution in [2.24, 2.45) is 0 Å². The van der Waals surface area contributed by atoms with Gasteiger partial charge in [0.15, 0.2) is 11.6 Å². The molecule has 1 saturated heterocycles. The van der Waals surface area contributed by atoms with Crippen LogP contribution in [0.2, 0.25) is 0 Å². The fourth-order valence-corrected chi connectivity index (χ4v) is 2.52. The molecule has 2 unspecified atom stereocenters. The Labute approximate surface area is 122 Å². The maximum Gasteiger partial charge on any atom is 0.387 e. The third-order valence-electron chi connectivity index (χ3n) is 3.86.